The zero-order valence-electron chi connectivity index (χ0n) is 10.0. The molecular weight excluding hydrogens is 274 g/mol. The SMILES string of the molecule is COC(=O)CCN(C)S(=O)(=O)NCC(F)(F)CO. The van der Waals surface area contributed by atoms with Gasteiger partial charge in [0.2, 0.25) is 0 Å². The number of aliphatic hydroxyl groups is 1. The predicted molar refractivity (Wildman–Crippen MR) is 58.2 cm³/mol. The van der Waals surface area contributed by atoms with Crippen LogP contribution in [0.5, 0.6) is 0 Å². The van der Waals surface area contributed by atoms with Gasteiger partial charge in [0.05, 0.1) is 20.1 Å². The van der Waals surface area contributed by atoms with Crippen molar-refractivity contribution in [3.8, 4) is 0 Å². The summed E-state index contributed by atoms with van der Waals surface area (Å²) < 4.78 is 54.8. The number of nitrogens with zero attached hydrogens (tertiary/aromatic N) is 1. The highest BCUT2D eigenvalue weighted by Crippen LogP contribution is 2.10. The van der Waals surface area contributed by atoms with E-state index < -0.39 is 35.3 Å². The van der Waals surface area contributed by atoms with Gasteiger partial charge in [-0.05, 0) is 0 Å². The van der Waals surface area contributed by atoms with Crippen LogP contribution in [-0.4, -0.2) is 63.6 Å². The second-order valence-corrected chi connectivity index (χ2v) is 5.35. The van der Waals surface area contributed by atoms with Gasteiger partial charge >= 0.3 is 5.97 Å². The molecule has 0 aliphatic heterocycles. The average Bonchev–Trinajstić information content (AvgIpc) is 2.33. The molecule has 0 aliphatic rings. The van der Waals surface area contributed by atoms with Crippen molar-refractivity contribution in [2.45, 2.75) is 12.3 Å². The second kappa shape index (κ2) is 6.92. The maximum atomic E-state index is 12.6. The topological polar surface area (TPSA) is 95.9 Å². The van der Waals surface area contributed by atoms with Crippen LogP contribution in [0.15, 0.2) is 0 Å². The number of esters is 1. The number of hydrogen-bond donors (Lipinski definition) is 2. The molecule has 108 valence electrons. The largest absolute Gasteiger partial charge is 0.469 e. The van der Waals surface area contributed by atoms with E-state index in [9.17, 15) is 22.0 Å². The van der Waals surface area contributed by atoms with E-state index in [4.69, 9.17) is 5.11 Å². The fourth-order valence-electron chi connectivity index (χ4n) is 0.834. The Balaban J connectivity index is 4.32. The summed E-state index contributed by atoms with van der Waals surface area (Å²) in [6.45, 7) is -2.87. The highest BCUT2D eigenvalue weighted by atomic mass is 32.2. The van der Waals surface area contributed by atoms with E-state index in [1.54, 1.807) is 4.72 Å². The van der Waals surface area contributed by atoms with Crippen molar-refractivity contribution < 1.29 is 31.8 Å². The van der Waals surface area contributed by atoms with Crippen LogP contribution >= 0.6 is 0 Å². The quantitative estimate of drug-likeness (QED) is 0.556. The van der Waals surface area contributed by atoms with Crippen molar-refractivity contribution in [3.05, 3.63) is 0 Å². The summed E-state index contributed by atoms with van der Waals surface area (Å²) in [7, 11) is -1.85. The molecule has 0 rings (SSSR count). The van der Waals surface area contributed by atoms with E-state index in [1.165, 1.54) is 0 Å². The summed E-state index contributed by atoms with van der Waals surface area (Å²) in [4.78, 5) is 10.8. The van der Waals surface area contributed by atoms with Crippen LogP contribution in [0, 0.1) is 0 Å². The highest BCUT2D eigenvalue weighted by Gasteiger charge is 2.31. The van der Waals surface area contributed by atoms with Crippen molar-refractivity contribution in [2.24, 2.45) is 0 Å². The zero-order chi connectivity index (χ0) is 14.4. The Kier molecular flexibility index (Phi) is 6.60. The lowest BCUT2D eigenvalue weighted by Gasteiger charge is -2.19. The number of carbonyl (C=O) groups is 1. The molecule has 0 radical (unpaired) electrons. The molecular formula is C8H16F2N2O5S. The van der Waals surface area contributed by atoms with Crippen molar-refractivity contribution in [1.82, 2.24) is 9.03 Å². The fraction of sp³-hybridized carbons (Fsp3) is 0.875. The van der Waals surface area contributed by atoms with Gasteiger partial charge in [0.1, 0.15) is 6.61 Å². The molecule has 0 atom stereocenters. The predicted octanol–water partition coefficient (Wildman–Crippen LogP) is -1.06. The monoisotopic (exact) mass is 290 g/mol. The van der Waals surface area contributed by atoms with Crippen LogP contribution in [0.25, 0.3) is 0 Å². The molecule has 0 bridgehead atoms. The first-order valence-corrected chi connectivity index (χ1v) is 6.35. The molecule has 0 spiro atoms. The summed E-state index contributed by atoms with van der Waals surface area (Å²) >= 11 is 0. The molecule has 0 saturated heterocycles. The molecule has 0 unspecified atom stereocenters. The second-order valence-electron chi connectivity index (χ2n) is 3.49. The molecule has 0 saturated carbocycles. The third-order valence-electron chi connectivity index (χ3n) is 2.01. The summed E-state index contributed by atoms with van der Waals surface area (Å²) in [6.07, 6.45) is -0.190. The number of hydrogen-bond acceptors (Lipinski definition) is 5. The summed E-state index contributed by atoms with van der Waals surface area (Å²) in [5, 5.41) is 8.28. The molecule has 0 aliphatic carbocycles. The summed E-state index contributed by atoms with van der Waals surface area (Å²) in [6, 6.07) is 0. The molecule has 0 amide bonds. The van der Waals surface area contributed by atoms with Gasteiger partial charge in [0, 0.05) is 13.6 Å². The van der Waals surface area contributed by atoms with Gasteiger partial charge in [0.25, 0.3) is 16.1 Å². The average molecular weight is 290 g/mol. The van der Waals surface area contributed by atoms with Crippen LogP contribution in [0.2, 0.25) is 0 Å². The van der Waals surface area contributed by atoms with E-state index in [-0.39, 0.29) is 13.0 Å². The van der Waals surface area contributed by atoms with Gasteiger partial charge in [-0.3, -0.25) is 4.79 Å². The van der Waals surface area contributed by atoms with Gasteiger partial charge in [-0.25, -0.2) is 8.78 Å². The highest BCUT2D eigenvalue weighted by molar-refractivity contribution is 7.87. The molecule has 0 heterocycles. The smallest absolute Gasteiger partial charge is 0.306 e. The lowest BCUT2D eigenvalue weighted by atomic mass is 10.4. The van der Waals surface area contributed by atoms with E-state index in [2.05, 4.69) is 4.74 Å². The summed E-state index contributed by atoms with van der Waals surface area (Å²) in [5.41, 5.74) is 0. The van der Waals surface area contributed by atoms with E-state index >= 15 is 0 Å². The third kappa shape index (κ3) is 6.19. The number of halogens is 2. The first-order chi connectivity index (χ1) is 8.14. The van der Waals surface area contributed by atoms with Gasteiger partial charge in [-0.1, -0.05) is 0 Å². The Morgan fingerprint density at radius 3 is 2.50 bits per heavy atom. The first-order valence-electron chi connectivity index (χ1n) is 4.91. The first kappa shape index (κ1) is 17.2. The maximum absolute atomic E-state index is 12.6. The number of rotatable bonds is 8. The Morgan fingerprint density at radius 1 is 1.50 bits per heavy atom. The molecule has 18 heavy (non-hydrogen) atoms. The zero-order valence-corrected chi connectivity index (χ0v) is 10.8. The minimum absolute atomic E-state index is 0.190. The molecule has 7 nitrogen and oxygen atoms in total. The Hall–Kier alpha value is -0.840. The standard InChI is InChI=1S/C8H16F2N2O5S/c1-12(4-3-7(14)17-2)18(15,16)11-5-8(9,10)6-13/h11,13H,3-6H2,1-2H3. The lowest BCUT2D eigenvalue weighted by molar-refractivity contribution is -0.140. The van der Waals surface area contributed by atoms with Gasteiger partial charge in [-0.15, -0.1) is 0 Å². The van der Waals surface area contributed by atoms with Crippen molar-refractivity contribution in [2.75, 3.05) is 33.9 Å². The molecule has 10 heteroatoms. The number of aliphatic hydroxyl groups excluding tert-OH is 1. The molecule has 0 aromatic heterocycles. The van der Waals surface area contributed by atoms with Crippen LogP contribution in [0.1, 0.15) is 6.42 Å². The van der Waals surface area contributed by atoms with Crippen LogP contribution < -0.4 is 4.72 Å². The number of methoxy groups -OCH3 is 1. The fourth-order valence-corrected chi connectivity index (χ4v) is 1.78. The Labute approximate surface area is 104 Å². The summed E-state index contributed by atoms with van der Waals surface area (Å²) in [5.74, 6) is -4.14. The number of ether oxygens (including phenoxy) is 1. The van der Waals surface area contributed by atoms with Crippen LogP contribution in [0.4, 0.5) is 8.78 Å². The number of carbonyl (C=O) groups excluding carboxylic acids is 1. The van der Waals surface area contributed by atoms with Crippen LogP contribution in [0.3, 0.4) is 0 Å². The third-order valence-corrected chi connectivity index (χ3v) is 3.53. The number of nitrogens with one attached hydrogen (secondary N) is 1. The molecule has 0 fully saturated rings. The van der Waals surface area contributed by atoms with E-state index in [1.807, 2.05) is 0 Å². The molecule has 0 aromatic rings. The van der Waals surface area contributed by atoms with Gasteiger partial charge < -0.3 is 9.84 Å². The van der Waals surface area contributed by atoms with E-state index in [0.717, 1.165) is 14.2 Å². The lowest BCUT2D eigenvalue weighted by Crippen LogP contribution is -2.45. The van der Waals surface area contributed by atoms with Crippen molar-refractivity contribution in [1.29, 1.82) is 0 Å². The van der Waals surface area contributed by atoms with Crippen LogP contribution in [-0.2, 0) is 19.7 Å². The Bertz CT molecular complexity index is 374. The van der Waals surface area contributed by atoms with E-state index in [0.29, 0.717) is 4.31 Å². The van der Waals surface area contributed by atoms with Crippen molar-refractivity contribution >= 4 is 16.2 Å². The maximum Gasteiger partial charge on any atom is 0.306 e. The minimum atomic E-state index is -4.12. The normalized spacial score (nSPS) is 12.8. The number of alkyl halides is 2. The van der Waals surface area contributed by atoms with Crippen molar-refractivity contribution in [3.63, 3.8) is 0 Å². The van der Waals surface area contributed by atoms with Gasteiger partial charge in [-0.2, -0.15) is 17.4 Å². The molecule has 2 N–H and O–H groups in total. The molecule has 0 aromatic carbocycles. The Morgan fingerprint density at radius 2 is 2.06 bits per heavy atom. The minimum Gasteiger partial charge on any atom is -0.469 e. The van der Waals surface area contributed by atoms with Gasteiger partial charge in [0.15, 0.2) is 0 Å².